The molecule has 2 amide bonds. The lowest BCUT2D eigenvalue weighted by Gasteiger charge is -2.31. The highest BCUT2D eigenvalue weighted by Gasteiger charge is 2.39. The predicted octanol–water partition coefficient (Wildman–Crippen LogP) is 2.22. The van der Waals surface area contributed by atoms with E-state index in [1.165, 1.54) is 11.1 Å². The maximum absolute atomic E-state index is 13.1. The average molecular weight is 382 g/mol. The van der Waals surface area contributed by atoms with E-state index in [0.29, 0.717) is 23.2 Å². The lowest BCUT2D eigenvalue weighted by Crippen LogP contribution is -2.45. The van der Waals surface area contributed by atoms with Crippen LogP contribution in [0, 0.1) is 0 Å². The van der Waals surface area contributed by atoms with Crippen molar-refractivity contribution in [2.24, 2.45) is 4.99 Å². The maximum Gasteiger partial charge on any atom is 0.265 e. The number of aliphatic imine (C=N–C) groups is 1. The molecule has 2 aromatic rings. The molecule has 4 rings (SSSR count). The molecule has 0 radical (unpaired) electrons. The molecule has 2 aromatic carbocycles. The minimum Gasteiger partial charge on any atom is -0.292 e. The van der Waals surface area contributed by atoms with Gasteiger partial charge in [-0.2, -0.15) is 0 Å². The van der Waals surface area contributed by atoms with E-state index in [4.69, 9.17) is 0 Å². The summed E-state index contributed by atoms with van der Waals surface area (Å²) < 4.78 is 23.3. The summed E-state index contributed by atoms with van der Waals surface area (Å²) in [6, 6.07) is 15.4. The standard InChI is InChI=1S/C20H18N2O4S/c23-19-17-9-5-4-8-16(17)18(12-21-14-10-11-27(25,26)13-14)20(24)22(19)15-6-2-1-3-7-15/h1-9,12,14,18H,10-11,13H2/t14-,18+/m0/s1. The zero-order valence-corrected chi connectivity index (χ0v) is 15.3. The molecule has 2 atom stereocenters. The Labute approximate surface area is 157 Å². The molecule has 27 heavy (non-hydrogen) atoms. The van der Waals surface area contributed by atoms with Crippen LogP contribution in [0.5, 0.6) is 0 Å². The number of benzene rings is 2. The van der Waals surface area contributed by atoms with Crippen LogP contribution >= 0.6 is 0 Å². The van der Waals surface area contributed by atoms with Gasteiger partial charge >= 0.3 is 0 Å². The zero-order chi connectivity index (χ0) is 19.0. The Balaban J connectivity index is 1.72. The van der Waals surface area contributed by atoms with Gasteiger partial charge in [0.05, 0.1) is 29.2 Å². The molecule has 1 fully saturated rings. The number of carbonyl (C=O) groups excluding carboxylic acids is 2. The van der Waals surface area contributed by atoms with E-state index in [0.717, 1.165) is 0 Å². The van der Waals surface area contributed by atoms with Gasteiger partial charge in [0.15, 0.2) is 9.84 Å². The van der Waals surface area contributed by atoms with E-state index >= 15 is 0 Å². The van der Waals surface area contributed by atoms with E-state index < -0.39 is 15.8 Å². The van der Waals surface area contributed by atoms with E-state index in [1.807, 2.05) is 6.07 Å². The molecular weight excluding hydrogens is 364 g/mol. The van der Waals surface area contributed by atoms with Crippen molar-refractivity contribution >= 4 is 33.6 Å². The molecule has 2 aliphatic heterocycles. The molecule has 0 unspecified atom stereocenters. The first-order valence-electron chi connectivity index (χ1n) is 8.72. The number of carbonyl (C=O) groups is 2. The van der Waals surface area contributed by atoms with E-state index in [1.54, 1.807) is 48.5 Å². The number of nitrogens with zero attached hydrogens (tertiary/aromatic N) is 2. The summed E-state index contributed by atoms with van der Waals surface area (Å²) in [6.45, 7) is 0. The van der Waals surface area contributed by atoms with Crippen molar-refractivity contribution in [1.82, 2.24) is 0 Å². The molecule has 0 spiro atoms. The Kier molecular flexibility index (Phi) is 4.39. The van der Waals surface area contributed by atoms with E-state index in [2.05, 4.69) is 4.99 Å². The van der Waals surface area contributed by atoms with Crippen LogP contribution in [-0.4, -0.2) is 44.0 Å². The lowest BCUT2D eigenvalue weighted by molar-refractivity contribution is -0.118. The topological polar surface area (TPSA) is 83.9 Å². The summed E-state index contributed by atoms with van der Waals surface area (Å²) in [5.74, 6) is -1.33. The molecular formula is C20H18N2O4S. The summed E-state index contributed by atoms with van der Waals surface area (Å²) in [5, 5.41) is 0. The Morgan fingerprint density at radius 2 is 1.70 bits per heavy atom. The Bertz CT molecular complexity index is 1030. The SMILES string of the molecule is O=C1c2ccccc2[C@@H](C=N[C@H]2CCS(=O)(=O)C2)C(=O)N1c1ccccc1. The van der Waals surface area contributed by atoms with Gasteiger partial charge in [0.2, 0.25) is 5.91 Å². The molecule has 0 bridgehead atoms. The number of hydrogen-bond donors (Lipinski definition) is 0. The molecule has 1 saturated heterocycles. The number of anilines is 1. The van der Waals surface area contributed by atoms with Gasteiger partial charge in [-0.15, -0.1) is 0 Å². The van der Waals surface area contributed by atoms with Gasteiger partial charge in [-0.25, -0.2) is 13.3 Å². The molecule has 0 N–H and O–H groups in total. The highest BCUT2D eigenvalue weighted by molar-refractivity contribution is 7.91. The van der Waals surface area contributed by atoms with Crippen LogP contribution in [0.3, 0.4) is 0 Å². The third-order valence-corrected chi connectivity index (χ3v) is 6.63. The van der Waals surface area contributed by atoms with Crippen LogP contribution < -0.4 is 4.90 Å². The van der Waals surface area contributed by atoms with Gasteiger partial charge in [-0.1, -0.05) is 36.4 Å². The smallest absolute Gasteiger partial charge is 0.265 e. The number of para-hydroxylation sites is 1. The van der Waals surface area contributed by atoms with Crippen molar-refractivity contribution in [2.45, 2.75) is 18.4 Å². The summed E-state index contributed by atoms with van der Waals surface area (Å²) in [7, 11) is -3.05. The molecule has 2 aliphatic rings. The first-order valence-corrected chi connectivity index (χ1v) is 10.5. The van der Waals surface area contributed by atoms with Gasteiger partial charge in [0, 0.05) is 11.8 Å². The lowest BCUT2D eigenvalue weighted by atomic mass is 9.89. The largest absolute Gasteiger partial charge is 0.292 e. The second kappa shape index (κ2) is 6.74. The molecule has 0 aromatic heterocycles. The first kappa shape index (κ1) is 17.6. The number of sulfone groups is 1. The Hall–Kier alpha value is -2.80. The van der Waals surface area contributed by atoms with E-state index in [-0.39, 0.29) is 29.4 Å². The predicted molar refractivity (Wildman–Crippen MR) is 103 cm³/mol. The fourth-order valence-electron chi connectivity index (χ4n) is 3.52. The Morgan fingerprint density at radius 3 is 2.41 bits per heavy atom. The third-order valence-electron chi connectivity index (χ3n) is 4.88. The zero-order valence-electron chi connectivity index (χ0n) is 14.5. The van der Waals surface area contributed by atoms with Crippen LogP contribution in [0.25, 0.3) is 0 Å². The van der Waals surface area contributed by atoms with Crippen molar-refractivity contribution in [3.63, 3.8) is 0 Å². The van der Waals surface area contributed by atoms with Gasteiger partial charge in [0.1, 0.15) is 0 Å². The molecule has 7 heteroatoms. The second-order valence-corrected chi connectivity index (χ2v) is 8.96. The Morgan fingerprint density at radius 1 is 1.00 bits per heavy atom. The van der Waals surface area contributed by atoms with Crippen molar-refractivity contribution in [3.8, 4) is 0 Å². The molecule has 6 nitrogen and oxygen atoms in total. The highest BCUT2D eigenvalue weighted by Crippen LogP contribution is 2.32. The molecule has 0 aliphatic carbocycles. The van der Waals surface area contributed by atoms with Crippen molar-refractivity contribution < 1.29 is 18.0 Å². The number of amides is 2. The fourth-order valence-corrected chi connectivity index (χ4v) is 5.16. The van der Waals surface area contributed by atoms with Gasteiger partial charge in [-0.05, 0) is 30.2 Å². The van der Waals surface area contributed by atoms with Gasteiger partial charge in [-0.3, -0.25) is 14.6 Å². The van der Waals surface area contributed by atoms with E-state index in [9.17, 15) is 18.0 Å². The van der Waals surface area contributed by atoms with Crippen LogP contribution in [-0.2, 0) is 14.6 Å². The van der Waals surface area contributed by atoms with Crippen LogP contribution in [0.1, 0.15) is 28.3 Å². The summed E-state index contributed by atoms with van der Waals surface area (Å²) in [5.41, 5.74) is 1.56. The quantitative estimate of drug-likeness (QED) is 0.602. The number of imide groups is 1. The van der Waals surface area contributed by atoms with Crippen molar-refractivity contribution in [1.29, 1.82) is 0 Å². The average Bonchev–Trinajstić information content (AvgIpc) is 3.01. The minimum atomic E-state index is -3.05. The van der Waals surface area contributed by atoms with Crippen LogP contribution in [0.4, 0.5) is 5.69 Å². The minimum absolute atomic E-state index is 0.00733. The third kappa shape index (κ3) is 3.30. The number of fused-ring (bicyclic) bond motifs is 1. The highest BCUT2D eigenvalue weighted by atomic mass is 32.2. The summed E-state index contributed by atoms with van der Waals surface area (Å²) in [6.07, 6.45) is 1.97. The summed E-state index contributed by atoms with van der Waals surface area (Å²) >= 11 is 0. The maximum atomic E-state index is 13.1. The number of rotatable bonds is 3. The first-order chi connectivity index (χ1) is 13.0. The van der Waals surface area contributed by atoms with Gasteiger partial charge in [0.25, 0.3) is 5.91 Å². The molecule has 2 heterocycles. The number of hydrogen-bond acceptors (Lipinski definition) is 5. The van der Waals surface area contributed by atoms with Crippen LogP contribution in [0.2, 0.25) is 0 Å². The van der Waals surface area contributed by atoms with Crippen LogP contribution in [0.15, 0.2) is 59.6 Å². The fraction of sp³-hybridized carbons (Fsp3) is 0.250. The monoisotopic (exact) mass is 382 g/mol. The molecule has 138 valence electrons. The molecule has 0 saturated carbocycles. The normalized spacial score (nSPS) is 24.4. The second-order valence-electron chi connectivity index (χ2n) is 6.73. The van der Waals surface area contributed by atoms with Gasteiger partial charge < -0.3 is 0 Å². The summed E-state index contributed by atoms with van der Waals surface area (Å²) in [4.78, 5) is 31.6. The van der Waals surface area contributed by atoms with Crippen molar-refractivity contribution in [2.75, 3.05) is 16.4 Å². The van der Waals surface area contributed by atoms with Crippen molar-refractivity contribution in [3.05, 3.63) is 65.7 Å².